The third-order valence-corrected chi connectivity index (χ3v) is 7.59. The van der Waals surface area contributed by atoms with Crippen LogP contribution in [-0.2, 0) is 9.84 Å². The Bertz CT molecular complexity index is 1420. The molecule has 0 saturated carbocycles. The van der Waals surface area contributed by atoms with E-state index in [-0.39, 0.29) is 16.4 Å². The average Bonchev–Trinajstić information content (AvgIpc) is 3.20. The first-order valence-electron chi connectivity index (χ1n) is 10.3. The number of ether oxygens (including phenoxy) is 1. The molecule has 162 valence electrons. The third kappa shape index (κ3) is 3.44. The van der Waals surface area contributed by atoms with Gasteiger partial charge in [0, 0.05) is 17.0 Å². The lowest BCUT2D eigenvalue weighted by Gasteiger charge is -2.26. The molecular formula is C25H21NO5S. The van der Waals surface area contributed by atoms with Gasteiger partial charge in [-0.1, -0.05) is 48.5 Å². The van der Waals surface area contributed by atoms with Crippen LogP contribution in [0.5, 0.6) is 5.75 Å². The van der Waals surface area contributed by atoms with Crippen molar-refractivity contribution in [3.05, 3.63) is 84.1 Å². The summed E-state index contributed by atoms with van der Waals surface area (Å²) in [7, 11) is -1.77. The molecule has 6 nitrogen and oxygen atoms in total. The second-order valence-corrected chi connectivity index (χ2v) is 9.78. The number of methoxy groups -OCH3 is 1. The summed E-state index contributed by atoms with van der Waals surface area (Å²) in [4.78, 5) is 13.7. The molecule has 1 atom stereocenters. The van der Waals surface area contributed by atoms with E-state index in [0.717, 1.165) is 10.9 Å². The van der Waals surface area contributed by atoms with Crippen LogP contribution in [0.2, 0.25) is 0 Å². The van der Waals surface area contributed by atoms with Crippen molar-refractivity contribution in [1.82, 2.24) is 5.32 Å². The van der Waals surface area contributed by atoms with Crippen molar-refractivity contribution >= 4 is 26.7 Å². The van der Waals surface area contributed by atoms with Crippen LogP contribution in [0.4, 0.5) is 0 Å². The quantitative estimate of drug-likeness (QED) is 0.488. The van der Waals surface area contributed by atoms with E-state index in [2.05, 4.69) is 5.32 Å². The van der Waals surface area contributed by atoms with Gasteiger partial charge in [-0.05, 0) is 35.7 Å². The number of fused-ring (bicyclic) bond motifs is 2. The molecule has 1 N–H and O–H groups in total. The fraction of sp³-hybridized carbons (Fsp3) is 0.160. The summed E-state index contributed by atoms with van der Waals surface area (Å²) in [6.07, 6.45) is 0.305. The molecule has 7 heteroatoms. The van der Waals surface area contributed by atoms with Gasteiger partial charge in [0.05, 0.1) is 23.8 Å². The number of carbonyl (C=O) groups excluding carboxylic acids is 1. The van der Waals surface area contributed by atoms with Gasteiger partial charge < -0.3 is 14.5 Å². The highest BCUT2D eigenvalue weighted by Crippen LogP contribution is 2.38. The number of hydrogen-bond donors (Lipinski definition) is 1. The minimum absolute atomic E-state index is 0.0160. The summed E-state index contributed by atoms with van der Waals surface area (Å²) in [6, 6.07) is 21.4. The highest BCUT2D eigenvalue weighted by molar-refractivity contribution is 7.91. The molecule has 1 amide bonds. The van der Waals surface area contributed by atoms with Crippen molar-refractivity contribution in [3.63, 3.8) is 0 Å². The smallest absolute Gasteiger partial charge is 0.288 e. The van der Waals surface area contributed by atoms with Gasteiger partial charge in [0.1, 0.15) is 11.3 Å². The molecule has 0 radical (unpaired) electrons. The molecule has 0 bridgehead atoms. The van der Waals surface area contributed by atoms with Gasteiger partial charge in [-0.3, -0.25) is 4.79 Å². The molecule has 1 aromatic heterocycles. The Balaban J connectivity index is 1.58. The zero-order valence-corrected chi connectivity index (χ0v) is 18.2. The summed E-state index contributed by atoms with van der Waals surface area (Å²) in [5, 5.41) is 3.80. The second kappa shape index (κ2) is 7.84. The highest BCUT2D eigenvalue weighted by atomic mass is 32.2. The predicted molar refractivity (Wildman–Crippen MR) is 122 cm³/mol. The third-order valence-electron chi connectivity index (χ3n) is 5.78. The van der Waals surface area contributed by atoms with E-state index in [1.54, 1.807) is 37.4 Å². The Morgan fingerprint density at radius 1 is 1.03 bits per heavy atom. The number of rotatable bonds is 4. The van der Waals surface area contributed by atoms with E-state index in [0.29, 0.717) is 28.9 Å². The van der Waals surface area contributed by atoms with Crippen molar-refractivity contribution < 1.29 is 22.4 Å². The fourth-order valence-corrected chi connectivity index (χ4v) is 5.84. The lowest BCUT2D eigenvalue weighted by atomic mass is 10.0. The van der Waals surface area contributed by atoms with Crippen LogP contribution in [0.25, 0.3) is 22.1 Å². The maximum atomic E-state index is 13.4. The number of hydrogen-bond acceptors (Lipinski definition) is 5. The Morgan fingerprint density at radius 2 is 1.78 bits per heavy atom. The fourth-order valence-electron chi connectivity index (χ4n) is 4.22. The monoisotopic (exact) mass is 447 g/mol. The van der Waals surface area contributed by atoms with E-state index in [1.807, 2.05) is 42.5 Å². The van der Waals surface area contributed by atoms with Gasteiger partial charge in [-0.15, -0.1) is 0 Å². The first-order chi connectivity index (χ1) is 15.5. The molecule has 4 aromatic rings. The molecule has 0 saturated heterocycles. The van der Waals surface area contributed by atoms with E-state index in [1.165, 1.54) is 0 Å². The lowest BCUT2D eigenvalue weighted by molar-refractivity contribution is 0.0909. The summed E-state index contributed by atoms with van der Waals surface area (Å²) < 4.78 is 36.2. The van der Waals surface area contributed by atoms with E-state index < -0.39 is 21.8 Å². The molecule has 3 aromatic carbocycles. The maximum absolute atomic E-state index is 13.4. The van der Waals surface area contributed by atoms with Crippen LogP contribution in [0.1, 0.15) is 28.6 Å². The van der Waals surface area contributed by atoms with Crippen LogP contribution >= 0.6 is 0 Å². The lowest BCUT2D eigenvalue weighted by Crippen LogP contribution is -2.33. The highest BCUT2D eigenvalue weighted by Gasteiger charge is 2.32. The summed E-state index contributed by atoms with van der Waals surface area (Å²) in [6.45, 7) is 0. The molecular weight excluding hydrogens is 426 g/mol. The van der Waals surface area contributed by atoms with Gasteiger partial charge in [0.15, 0.2) is 9.84 Å². The van der Waals surface area contributed by atoms with Crippen molar-refractivity contribution in [2.45, 2.75) is 17.4 Å². The van der Waals surface area contributed by atoms with Gasteiger partial charge in [-0.2, -0.15) is 0 Å². The predicted octanol–water partition coefficient (Wildman–Crippen LogP) is 4.76. The summed E-state index contributed by atoms with van der Waals surface area (Å²) in [5.41, 5.74) is 2.69. The molecule has 32 heavy (non-hydrogen) atoms. The van der Waals surface area contributed by atoms with Crippen molar-refractivity contribution in [3.8, 4) is 16.9 Å². The number of amides is 1. The number of nitrogens with one attached hydrogen (secondary N) is 1. The first kappa shape index (κ1) is 20.3. The largest absolute Gasteiger partial charge is 0.497 e. The molecule has 1 unspecified atom stereocenters. The Hall–Kier alpha value is -3.58. The SMILES string of the molecule is COc1ccc2c(-c3ccccc3)c(C(=O)NC3CCS(=O)(=O)c4ccccc43)oc2c1. The second-order valence-electron chi connectivity index (χ2n) is 7.71. The summed E-state index contributed by atoms with van der Waals surface area (Å²) >= 11 is 0. The van der Waals surface area contributed by atoms with Gasteiger partial charge in [-0.25, -0.2) is 8.42 Å². The molecule has 2 heterocycles. The van der Waals surface area contributed by atoms with E-state index >= 15 is 0 Å². The number of furan rings is 1. The van der Waals surface area contributed by atoms with Crippen LogP contribution in [0, 0.1) is 0 Å². The standard InChI is InChI=1S/C25H21NO5S/c1-30-17-11-12-19-21(15-17)31-24(23(19)16-7-3-2-4-8-16)25(27)26-20-13-14-32(28,29)22-10-6-5-9-18(20)22/h2-12,15,20H,13-14H2,1H3,(H,26,27). The molecule has 0 fully saturated rings. The Morgan fingerprint density at radius 3 is 2.56 bits per heavy atom. The first-order valence-corrected chi connectivity index (χ1v) is 11.9. The number of sulfone groups is 1. The Labute approximate surface area is 185 Å². The van der Waals surface area contributed by atoms with Crippen LogP contribution in [-0.4, -0.2) is 27.2 Å². The van der Waals surface area contributed by atoms with Crippen LogP contribution < -0.4 is 10.1 Å². The van der Waals surface area contributed by atoms with Gasteiger partial charge in [0.25, 0.3) is 5.91 Å². The molecule has 5 rings (SSSR count). The van der Waals surface area contributed by atoms with Crippen molar-refractivity contribution in [2.24, 2.45) is 0 Å². The minimum Gasteiger partial charge on any atom is -0.497 e. The topological polar surface area (TPSA) is 85.6 Å². The molecule has 0 aliphatic carbocycles. The van der Waals surface area contributed by atoms with Crippen LogP contribution in [0.15, 0.2) is 82.1 Å². The zero-order valence-electron chi connectivity index (χ0n) is 17.4. The summed E-state index contributed by atoms with van der Waals surface area (Å²) in [5.74, 6) is 0.408. The minimum atomic E-state index is -3.34. The molecule has 1 aliphatic rings. The van der Waals surface area contributed by atoms with Crippen molar-refractivity contribution in [2.75, 3.05) is 12.9 Å². The van der Waals surface area contributed by atoms with Crippen LogP contribution in [0.3, 0.4) is 0 Å². The number of benzene rings is 3. The zero-order chi connectivity index (χ0) is 22.3. The number of carbonyl (C=O) groups is 1. The Kier molecular flexibility index (Phi) is 4.98. The maximum Gasteiger partial charge on any atom is 0.288 e. The van der Waals surface area contributed by atoms with Gasteiger partial charge in [0.2, 0.25) is 5.76 Å². The van der Waals surface area contributed by atoms with E-state index in [4.69, 9.17) is 9.15 Å². The average molecular weight is 448 g/mol. The molecule has 0 spiro atoms. The van der Waals surface area contributed by atoms with Crippen molar-refractivity contribution in [1.29, 1.82) is 0 Å². The normalized spacial score (nSPS) is 17.0. The van der Waals surface area contributed by atoms with Gasteiger partial charge >= 0.3 is 0 Å². The molecule has 1 aliphatic heterocycles. The van der Waals surface area contributed by atoms with E-state index in [9.17, 15) is 13.2 Å².